The van der Waals surface area contributed by atoms with Gasteiger partial charge < -0.3 is 10.5 Å². The highest BCUT2D eigenvalue weighted by molar-refractivity contribution is 5.95. The van der Waals surface area contributed by atoms with Gasteiger partial charge in [-0.15, -0.1) is 0 Å². The molecule has 88 valence electrons. The number of nitrogens with two attached hydrogens (primary N) is 1. The molecule has 0 aliphatic rings. The quantitative estimate of drug-likeness (QED) is 0.628. The van der Waals surface area contributed by atoms with Gasteiger partial charge in [0.1, 0.15) is 0 Å². The van der Waals surface area contributed by atoms with E-state index in [1.165, 1.54) is 0 Å². The van der Waals surface area contributed by atoms with Crippen molar-refractivity contribution in [3.63, 3.8) is 0 Å². The van der Waals surface area contributed by atoms with Gasteiger partial charge in [0, 0.05) is 5.69 Å². The smallest absolute Gasteiger partial charge is 0.340 e. The van der Waals surface area contributed by atoms with Crippen LogP contribution in [0.3, 0.4) is 0 Å². The number of nitrogen functional groups attached to an aromatic ring is 1. The number of ether oxygens (including phenoxy) is 1. The van der Waals surface area contributed by atoms with Gasteiger partial charge in [-0.1, -0.05) is 25.0 Å². The normalized spacial score (nSPS) is 12.2. The van der Waals surface area contributed by atoms with E-state index < -0.39 is 0 Å². The van der Waals surface area contributed by atoms with Crippen molar-refractivity contribution in [3.8, 4) is 0 Å². The van der Waals surface area contributed by atoms with Crippen molar-refractivity contribution in [1.82, 2.24) is 0 Å². The summed E-state index contributed by atoms with van der Waals surface area (Å²) in [5.74, 6) is -0.331. The molecule has 1 unspecified atom stereocenters. The van der Waals surface area contributed by atoms with Crippen LogP contribution in [-0.4, -0.2) is 12.1 Å². The number of carbonyl (C=O) groups excluding carboxylic acids is 1. The lowest BCUT2D eigenvalue weighted by molar-refractivity contribution is 0.0324. The number of hydrogen-bond donors (Lipinski definition) is 1. The van der Waals surface area contributed by atoms with Crippen LogP contribution in [0.4, 0.5) is 5.69 Å². The molecule has 0 aliphatic heterocycles. The maximum absolute atomic E-state index is 11.8. The van der Waals surface area contributed by atoms with Crippen molar-refractivity contribution in [2.24, 2.45) is 0 Å². The second-order valence-electron chi connectivity index (χ2n) is 4.10. The van der Waals surface area contributed by atoms with Crippen molar-refractivity contribution < 1.29 is 9.53 Å². The molecular formula is C13H19NO2. The summed E-state index contributed by atoms with van der Waals surface area (Å²) in [6, 6.07) is 5.37. The largest absolute Gasteiger partial charge is 0.459 e. The van der Waals surface area contributed by atoms with Gasteiger partial charge in [0.25, 0.3) is 0 Å². The summed E-state index contributed by atoms with van der Waals surface area (Å²) < 4.78 is 5.29. The number of carbonyl (C=O) groups is 1. The van der Waals surface area contributed by atoms with E-state index in [2.05, 4.69) is 6.92 Å². The van der Waals surface area contributed by atoms with E-state index in [4.69, 9.17) is 10.5 Å². The Balaban J connectivity index is 2.76. The molecule has 0 aliphatic carbocycles. The molecule has 0 saturated carbocycles. The van der Waals surface area contributed by atoms with Crippen LogP contribution in [0.5, 0.6) is 0 Å². The Morgan fingerprint density at radius 3 is 2.81 bits per heavy atom. The monoisotopic (exact) mass is 221 g/mol. The van der Waals surface area contributed by atoms with Crippen LogP contribution in [0.2, 0.25) is 0 Å². The number of anilines is 1. The highest BCUT2D eigenvalue weighted by Crippen LogP contribution is 2.16. The van der Waals surface area contributed by atoms with Crippen molar-refractivity contribution in [1.29, 1.82) is 0 Å². The first kappa shape index (κ1) is 12.6. The molecule has 2 N–H and O–H groups in total. The summed E-state index contributed by atoms with van der Waals surface area (Å²) >= 11 is 0. The molecule has 3 heteroatoms. The second-order valence-corrected chi connectivity index (χ2v) is 4.10. The molecule has 0 bridgehead atoms. The summed E-state index contributed by atoms with van der Waals surface area (Å²) in [6.07, 6.45) is 1.81. The highest BCUT2D eigenvalue weighted by Gasteiger charge is 2.14. The van der Waals surface area contributed by atoms with Crippen LogP contribution in [0.25, 0.3) is 0 Å². The minimum Gasteiger partial charge on any atom is -0.459 e. The minimum absolute atomic E-state index is 0.0580. The Bertz CT molecular complexity index is 374. The Hall–Kier alpha value is -1.51. The molecule has 3 nitrogen and oxygen atoms in total. The molecule has 1 rings (SSSR count). The van der Waals surface area contributed by atoms with E-state index in [1.54, 1.807) is 12.1 Å². The summed E-state index contributed by atoms with van der Waals surface area (Å²) in [5.41, 5.74) is 7.68. The van der Waals surface area contributed by atoms with Gasteiger partial charge >= 0.3 is 5.97 Å². The topological polar surface area (TPSA) is 52.3 Å². The summed E-state index contributed by atoms with van der Waals surface area (Å²) in [5, 5.41) is 0. The molecule has 0 saturated heterocycles. The van der Waals surface area contributed by atoms with E-state index in [0.29, 0.717) is 11.3 Å². The maximum Gasteiger partial charge on any atom is 0.340 e. The van der Waals surface area contributed by atoms with E-state index in [9.17, 15) is 4.79 Å². The number of benzene rings is 1. The van der Waals surface area contributed by atoms with Crippen LogP contribution in [0, 0.1) is 6.92 Å². The average molecular weight is 221 g/mol. The van der Waals surface area contributed by atoms with Gasteiger partial charge in [-0.05, 0) is 32.4 Å². The molecule has 1 atom stereocenters. The average Bonchev–Trinajstić information content (AvgIpc) is 2.21. The molecule has 0 fully saturated rings. The Morgan fingerprint density at radius 1 is 1.50 bits per heavy atom. The first-order chi connectivity index (χ1) is 7.54. The molecule has 0 heterocycles. The minimum atomic E-state index is -0.331. The zero-order chi connectivity index (χ0) is 12.1. The van der Waals surface area contributed by atoms with Gasteiger partial charge in [0.15, 0.2) is 0 Å². The van der Waals surface area contributed by atoms with Gasteiger partial charge in [-0.2, -0.15) is 0 Å². The van der Waals surface area contributed by atoms with Gasteiger partial charge in [-0.3, -0.25) is 0 Å². The second kappa shape index (κ2) is 5.54. The number of rotatable bonds is 4. The fourth-order valence-corrected chi connectivity index (χ4v) is 1.56. The van der Waals surface area contributed by atoms with Crippen LogP contribution >= 0.6 is 0 Å². The van der Waals surface area contributed by atoms with Crippen LogP contribution < -0.4 is 5.73 Å². The van der Waals surface area contributed by atoms with Crippen molar-refractivity contribution in [2.75, 3.05) is 5.73 Å². The van der Waals surface area contributed by atoms with E-state index in [0.717, 1.165) is 18.4 Å². The van der Waals surface area contributed by atoms with Crippen LogP contribution in [0.15, 0.2) is 18.2 Å². The van der Waals surface area contributed by atoms with Crippen molar-refractivity contribution >= 4 is 11.7 Å². The molecular weight excluding hydrogens is 202 g/mol. The lowest BCUT2D eigenvalue weighted by Crippen LogP contribution is -2.16. The third-order valence-corrected chi connectivity index (χ3v) is 2.43. The van der Waals surface area contributed by atoms with Crippen molar-refractivity contribution in [2.45, 2.75) is 39.7 Å². The zero-order valence-corrected chi connectivity index (χ0v) is 10.1. The van der Waals surface area contributed by atoms with Crippen molar-refractivity contribution in [3.05, 3.63) is 29.3 Å². The SMILES string of the molecule is CCCC(C)OC(=O)c1cc(C)ccc1N. The number of hydrogen-bond acceptors (Lipinski definition) is 3. The molecule has 0 aromatic heterocycles. The maximum atomic E-state index is 11.8. The third kappa shape index (κ3) is 3.26. The van der Waals surface area contributed by atoms with Gasteiger partial charge in [0.2, 0.25) is 0 Å². The molecule has 16 heavy (non-hydrogen) atoms. The molecule has 0 amide bonds. The van der Waals surface area contributed by atoms with Gasteiger partial charge in [0.05, 0.1) is 11.7 Å². The molecule has 0 radical (unpaired) electrons. The first-order valence-electron chi connectivity index (χ1n) is 5.61. The summed E-state index contributed by atoms with van der Waals surface area (Å²) in [4.78, 5) is 11.8. The Kier molecular flexibility index (Phi) is 4.35. The lowest BCUT2D eigenvalue weighted by Gasteiger charge is -2.13. The molecule has 1 aromatic carbocycles. The fraction of sp³-hybridized carbons (Fsp3) is 0.462. The fourth-order valence-electron chi connectivity index (χ4n) is 1.56. The zero-order valence-electron chi connectivity index (χ0n) is 10.1. The Labute approximate surface area is 96.6 Å². The van der Waals surface area contributed by atoms with Crippen LogP contribution in [-0.2, 0) is 4.74 Å². The predicted octanol–water partition coefficient (Wildman–Crippen LogP) is 2.92. The highest BCUT2D eigenvalue weighted by atomic mass is 16.5. The summed E-state index contributed by atoms with van der Waals surface area (Å²) in [7, 11) is 0. The van der Waals surface area contributed by atoms with E-state index in [1.807, 2.05) is 19.9 Å². The lowest BCUT2D eigenvalue weighted by atomic mass is 10.1. The van der Waals surface area contributed by atoms with E-state index in [-0.39, 0.29) is 12.1 Å². The Morgan fingerprint density at radius 2 is 2.19 bits per heavy atom. The number of aryl methyl sites for hydroxylation is 1. The van der Waals surface area contributed by atoms with Crippen LogP contribution in [0.1, 0.15) is 42.6 Å². The standard InChI is InChI=1S/C13H19NO2/c1-4-5-10(3)16-13(15)11-8-9(2)6-7-12(11)14/h6-8,10H,4-5,14H2,1-3H3. The molecule has 1 aromatic rings. The van der Waals surface area contributed by atoms with Gasteiger partial charge in [-0.25, -0.2) is 4.79 Å². The van der Waals surface area contributed by atoms with E-state index >= 15 is 0 Å². The molecule has 0 spiro atoms. The number of esters is 1. The predicted molar refractivity (Wildman–Crippen MR) is 65.4 cm³/mol. The third-order valence-electron chi connectivity index (χ3n) is 2.43. The first-order valence-corrected chi connectivity index (χ1v) is 5.61. The summed E-state index contributed by atoms with van der Waals surface area (Å²) in [6.45, 7) is 5.88.